The molecule has 1 fully saturated rings. The Morgan fingerprint density at radius 1 is 1.18 bits per heavy atom. The first-order valence-electron chi connectivity index (χ1n) is 13.0. The van der Waals surface area contributed by atoms with Crippen LogP contribution in [-0.2, 0) is 5.41 Å². The second kappa shape index (κ2) is 11.8. The molecular weight excluding hydrogens is 552 g/mol. The molecule has 1 saturated heterocycles. The summed E-state index contributed by atoms with van der Waals surface area (Å²) in [6.45, 7) is 8.55. The normalized spacial score (nSPS) is 21.4. The van der Waals surface area contributed by atoms with Crippen molar-refractivity contribution in [1.29, 1.82) is 0 Å². The molecule has 1 heterocycles. The fourth-order valence-corrected chi connectivity index (χ4v) is 5.64. The molecule has 40 heavy (non-hydrogen) atoms. The largest absolute Gasteiger partial charge is 0.495 e. The van der Waals surface area contributed by atoms with Crippen LogP contribution in [-0.4, -0.2) is 36.1 Å². The average Bonchev–Trinajstić information content (AvgIpc) is 3.19. The molecule has 1 aliphatic heterocycles. The number of nitrogens with zero attached hydrogens (tertiary/aromatic N) is 1. The second-order valence-electron chi connectivity index (χ2n) is 11.6. The van der Waals surface area contributed by atoms with Gasteiger partial charge in [-0.3, -0.25) is 0 Å². The zero-order valence-electron chi connectivity index (χ0n) is 23.2. The van der Waals surface area contributed by atoms with Crippen molar-refractivity contribution in [3.63, 3.8) is 0 Å². The minimum absolute atomic E-state index is 0.0416. The fraction of sp³-hybridized carbons (Fsp3) is 0.355. The number of aliphatic imine (C=N–C) groups is 1. The van der Waals surface area contributed by atoms with Crippen LogP contribution in [0.3, 0.4) is 0 Å². The Bertz CT molecular complexity index is 1440. The van der Waals surface area contributed by atoms with Crippen molar-refractivity contribution in [1.82, 2.24) is 5.32 Å². The first kappa shape index (κ1) is 29.8. The van der Waals surface area contributed by atoms with E-state index in [-0.39, 0.29) is 28.9 Å². The highest BCUT2D eigenvalue weighted by Gasteiger charge is 2.48. The summed E-state index contributed by atoms with van der Waals surface area (Å²) in [6, 6.07) is 16.3. The number of para-hydroxylation sites is 1. The smallest absolute Gasteiger partial charge is 0.335 e. The van der Waals surface area contributed by atoms with Crippen molar-refractivity contribution in [3.05, 3.63) is 87.7 Å². The Morgan fingerprint density at radius 2 is 1.90 bits per heavy atom. The van der Waals surface area contributed by atoms with Gasteiger partial charge < -0.3 is 20.5 Å². The predicted molar refractivity (Wildman–Crippen MR) is 160 cm³/mol. The summed E-state index contributed by atoms with van der Waals surface area (Å²) in [5.74, 6) is -0.508. The van der Waals surface area contributed by atoms with E-state index in [4.69, 9.17) is 32.9 Å². The second-order valence-corrected chi connectivity index (χ2v) is 12.4. The van der Waals surface area contributed by atoms with Crippen LogP contribution in [0.15, 0.2) is 65.7 Å². The topological polar surface area (TPSA) is 83.0 Å². The highest BCUT2D eigenvalue weighted by Crippen LogP contribution is 2.44. The van der Waals surface area contributed by atoms with Crippen LogP contribution in [0.25, 0.3) is 0 Å². The molecule has 0 aliphatic carbocycles. The molecule has 212 valence electrons. The fourth-order valence-electron chi connectivity index (χ4n) is 5.31. The molecule has 0 amide bonds. The van der Waals surface area contributed by atoms with E-state index in [1.54, 1.807) is 24.3 Å². The predicted octanol–water partition coefficient (Wildman–Crippen LogP) is 8.11. The number of carboxylic acids is 1. The zero-order valence-corrected chi connectivity index (χ0v) is 24.7. The summed E-state index contributed by atoms with van der Waals surface area (Å²) in [7, 11) is 1.48. The number of methoxy groups -OCH3 is 1. The van der Waals surface area contributed by atoms with E-state index in [2.05, 4.69) is 38.3 Å². The van der Waals surface area contributed by atoms with Gasteiger partial charge in [0.2, 0.25) is 0 Å². The highest BCUT2D eigenvalue weighted by molar-refractivity contribution is 6.33. The highest BCUT2D eigenvalue weighted by atomic mass is 35.5. The summed E-state index contributed by atoms with van der Waals surface area (Å²) in [4.78, 5) is 16.5. The number of hydrogen-bond acceptors (Lipinski definition) is 4. The minimum atomic E-state index is -1.06. The van der Waals surface area contributed by atoms with E-state index in [0.717, 1.165) is 6.42 Å². The van der Waals surface area contributed by atoms with Crippen LogP contribution in [0.2, 0.25) is 10.0 Å². The third-order valence-corrected chi connectivity index (χ3v) is 7.85. The third-order valence-electron chi connectivity index (χ3n) is 7.30. The number of carboxylic acid groups (broad SMARTS) is 1. The van der Waals surface area contributed by atoms with Crippen LogP contribution in [0.5, 0.6) is 5.75 Å². The molecule has 4 rings (SSSR count). The van der Waals surface area contributed by atoms with E-state index < -0.39 is 11.4 Å². The number of nitrogens with one attached hydrogen (secondary N) is 2. The molecule has 0 bridgehead atoms. The van der Waals surface area contributed by atoms with Gasteiger partial charge in [-0.15, -0.1) is 0 Å². The molecule has 3 atom stereocenters. The summed E-state index contributed by atoms with van der Waals surface area (Å²) < 4.78 is 20.9. The number of ether oxygens (including phenoxy) is 1. The minimum Gasteiger partial charge on any atom is -0.495 e. The lowest BCUT2D eigenvalue weighted by Gasteiger charge is -2.36. The van der Waals surface area contributed by atoms with Gasteiger partial charge in [-0.05, 0) is 66.3 Å². The first-order valence-corrected chi connectivity index (χ1v) is 13.8. The SMILES string of the molecule is COc1cc(C(=O)O)ccc1NC(=Nc1ccccc1Cl)[C@H]1C[C@@](C)(c2ccc(Cl)cc2F)[C@H](CC(C)(C)C)N1. The van der Waals surface area contributed by atoms with Crippen molar-refractivity contribution < 1.29 is 19.0 Å². The zero-order chi connectivity index (χ0) is 29.2. The molecule has 6 nitrogen and oxygen atoms in total. The molecule has 3 N–H and O–H groups in total. The average molecular weight is 587 g/mol. The van der Waals surface area contributed by atoms with Crippen molar-refractivity contribution in [2.45, 2.75) is 58.0 Å². The molecule has 0 radical (unpaired) electrons. The number of amidine groups is 1. The number of anilines is 1. The van der Waals surface area contributed by atoms with Crippen LogP contribution >= 0.6 is 23.2 Å². The van der Waals surface area contributed by atoms with Gasteiger partial charge in [0.1, 0.15) is 17.4 Å². The molecule has 0 spiro atoms. The van der Waals surface area contributed by atoms with E-state index in [9.17, 15) is 9.90 Å². The monoisotopic (exact) mass is 585 g/mol. The number of halogens is 3. The quantitative estimate of drug-likeness (QED) is 0.193. The van der Waals surface area contributed by atoms with E-state index in [0.29, 0.717) is 45.0 Å². The molecule has 3 aromatic rings. The maximum atomic E-state index is 15.4. The van der Waals surface area contributed by atoms with Crippen LogP contribution < -0.4 is 15.4 Å². The van der Waals surface area contributed by atoms with E-state index >= 15 is 4.39 Å². The third kappa shape index (κ3) is 6.60. The Balaban J connectivity index is 1.81. The number of aromatic carboxylic acids is 1. The van der Waals surface area contributed by atoms with Crippen LogP contribution in [0.4, 0.5) is 15.8 Å². The maximum Gasteiger partial charge on any atom is 0.335 e. The molecule has 3 aromatic carbocycles. The van der Waals surface area contributed by atoms with E-state index in [1.165, 1.54) is 25.3 Å². The Kier molecular flexibility index (Phi) is 8.78. The van der Waals surface area contributed by atoms with Crippen LogP contribution in [0, 0.1) is 11.2 Å². The summed E-state index contributed by atoms with van der Waals surface area (Å²) >= 11 is 12.6. The molecule has 0 unspecified atom stereocenters. The lowest BCUT2D eigenvalue weighted by atomic mass is 9.70. The van der Waals surface area contributed by atoms with Crippen molar-refractivity contribution in [2.75, 3.05) is 12.4 Å². The Hall–Kier alpha value is -3.13. The molecule has 0 aromatic heterocycles. The van der Waals surface area contributed by atoms with Gasteiger partial charge >= 0.3 is 5.97 Å². The number of benzene rings is 3. The van der Waals surface area contributed by atoms with Gasteiger partial charge in [0, 0.05) is 16.5 Å². The van der Waals surface area contributed by atoms with Crippen molar-refractivity contribution in [2.24, 2.45) is 10.4 Å². The summed E-state index contributed by atoms with van der Waals surface area (Å²) in [6.07, 6.45) is 1.30. The van der Waals surface area contributed by atoms with Gasteiger partial charge in [-0.2, -0.15) is 0 Å². The van der Waals surface area contributed by atoms with Crippen molar-refractivity contribution in [3.8, 4) is 5.75 Å². The van der Waals surface area contributed by atoms with Crippen LogP contribution in [0.1, 0.15) is 56.5 Å². The number of carbonyl (C=O) groups is 1. The molecule has 9 heteroatoms. The summed E-state index contributed by atoms with van der Waals surface area (Å²) in [5.41, 5.74) is 1.16. The lowest BCUT2D eigenvalue weighted by molar-refractivity contribution is 0.0696. The van der Waals surface area contributed by atoms with Crippen molar-refractivity contribution >= 4 is 46.4 Å². The number of rotatable bonds is 7. The number of hydrogen-bond donors (Lipinski definition) is 3. The standard InChI is InChI=1S/C31H34Cl2FN3O3/c1-30(2,3)17-27-31(4,20-12-11-19(32)15-22(20)34)16-25(35-27)28(36-23-9-7-6-8-21(23)33)37-24-13-10-18(29(38)39)14-26(24)40-5/h6-15,25,27,35H,16-17H2,1-5H3,(H,36,37)(H,38,39)/t25-,27+,31+/m1/s1. The van der Waals surface area contributed by atoms with Gasteiger partial charge in [0.05, 0.1) is 35.1 Å². The lowest BCUT2D eigenvalue weighted by Crippen LogP contribution is -2.44. The Morgan fingerprint density at radius 3 is 2.52 bits per heavy atom. The molecule has 0 saturated carbocycles. The van der Waals surface area contributed by atoms with E-state index in [1.807, 2.05) is 18.2 Å². The maximum absolute atomic E-state index is 15.4. The molecule has 1 aliphatic rings. The Labute approximate surface area is 244 Å². The van der Waals surface area contributed by atoms with Gasteiger partial charge in [0.15, 0.2) is 0 Å². The summed E-state index contributed by atoms with van der Waals surface area (Å²) in [5, 5.41) is 17.4. The van der Waals surface area contributed by atoms with Gasteiger partial charge in [-0.25, -0.2) is 14.2 Å². The van der Waals surface area contributed by atoms with Gasteiger partial charge in [-0.1, -0.05) is 69.1 Å². The molecular formula is C31H34Cl2FN3O3. The van der Waals surface area contributed by atoms with Gasteiger partial charge in [0.25, 0.3) is 0 Å². The first-order chi connectivity index (χ1) is 18.8.